The molecule has 1 heterocycles. The van der Waals surface area contributed by atoms with Crippen molar-refractivity contribution in [2.45, 2.75) is 58.3 Å². The first-order valence-electron chi connectivity index (χ1n) is 7.23. The van der Waals surface area contributed by atoms with Crippen LogP contribution in [0.4, 0.5) is 0 Å². The molecule has 0 atom stereocenters. The molecular weight excluding hydrogens is 198 g/mol. The molecule has 0 unspecified atom stereocenters. The van der Waals surface area contributed by atoms with Crippen LogP contribution in [-0.4, -0.2) is 37.7 Å². The number of hydrogen-bond acceptors (Lipinski definition) is 2. The van der Waals surface area contributed by atoms with Gasteiger partial charge in [-0.2, -0.15) is 0 Å². The van der Waals surface area contributed by atoms with E-state index in [9.17, 15) is 0 Å². The lowest BCUT2D eigenvalue weighted by atomic mass is 10.1. The minimum absolute atomic E-state index is 0.938. The summed E-state index contributed by atoms with van der Waals surface area (Å²) in [7, 11) is 0. The van der Waals surface area contributed by atoms with Gasteiger partial charge in [0.25, 0.3) is 0 Å². The van der Waals surface area contributed by atoms with E-state index in [1.807, 2.05) is 0 Å². The van der Waals surface area contributed by atoms with Crippen molar-refractivity contribution in [1.29, 1.82) is 0 Å². The summed E-state index contributed by atoms with van der Waals surface area (Å²) in [5, 5.41) is 0. The van der Waals surface area contributed by atoms with E-state index < -0.39 is 0 Å². The third kappa shape index (κ3) is 7.24. The highest BCUT2D eigenvalue weighted by Gasteiger charge is 2.08. The fraction of sp³-hybridized carbons (Fsp3) is 1.00. The predicted octanol–water partition coefficient (Wildman–Crippen LogP) is 3.46. The van der Waals surface area contributed by atoms with Crippen LogP contribution in [0.1, 0.15) is 58.3 Å². The van der Waals surface area contributed by atoms with Gasteiger partial charge in [0.2, 0.25) is 0 Å². The zero-order valence-electron chi connectivity index (χ0n) is 11.0. The molecule has 0 aromatic carbocycles. The number of likely N-dealkylation sites (tertiary alicyclic amines) is 1. The quantitative estimate of drug-likeness (QED) is 0.559. The summed E-state index contributed by atoms with van der Waals surface area (Å²) in [6.07, 6.45) is 10.9. The van der Waals surface area contributed by atoms with Crippen LogP contribution in [0.3, 0.4) is 0 Å². The van der Waals surface area contributed by atoms with Crippen LogP contribution < -0.4 is 0 Å². The molecule has 1 fully saturated rings. The molecule has 0 spiro atoms. The Morgan fingerprint density at radius 1 is 0.875 bits per heavy atom. The van der Waals surface area contributed by atoms with Crippen molar-refractivity contribution in [3.05, 3.63) is 0 Å². The maximum absolute atomic E-state index is 5.67. The smallest absolute Gasteiger partial charge is 0.0593 e. The van der Waals surface area contributed by atoms with Gasteiger partial charge in [0.05, 0.1) is 6.61 Å². The third-order valence-corrected chi connectivity index (χ3v) is 3.39. The van der Waals surface area contributed by atoms with Crippen molar-refractivity contribution < 1.29 is 4.74 Å². The average Bonchev–Trinajstić information content (AvgIpc) is 2.34. The zero-order chi connectivity index (χ0) is 11.5. The van der Waals surface area contributed by atoms with Gasteiger partial charge in [-0.1, -0.05) is 39.0 Å². The predicted molar refractivity (Wildman–Crippen MR) is 69.9 cm³/mol. The molecule has 1 aliphatic heterocycles. The highest BCUT2D eigenvalue weighted by atomic mass is 16.5. The summed E-state index contributed by atoms with van der Waals surface area (Å²) in [5.41, 5.74) is 0. The third-order valence-electron chi connectivity index (χ3n) is 3.39. The summed E-state index contributed by atoms with van der Waals surface area (Å²) >= 11 is 0. The van der Waals surface area contributed by atoms with Crippen LogP contribution in [0, 0.1) is 0 Å². The molecule has 2 heteroatoms. The van der Waals surface area contributed by atoms with Gasteiger partial charge in [-0.15, -0.1) is 0 Å². The number of hydrogen-bond donors (Lipinski definition) is 0. The lowest BCUT2D eigenvalue weighted by Crippen LogP contribution is -2.32. The van der Waals surface area contributed by atoms with E-state index in [-0.39, 0.29) is 0 Å². The van der Waals surface area contributed by atoms with E-state index in [0.29, 0.717) is 0 Å². The molecular formula is C14H29NO. The van der Waals surface area contributed by atoms with E-state index in [1.165, 1.54) is 64.5 Å². The van der Waals surface area contributed by atoms with Crippen molar-refractivity contribution in [2.24, 2.45) is 0 Å². The molecule has 0 aliphatic carbocycles. The number of piperidine rings is 1. The Kier molecular flexibility index (Phi) is 8.83. The Bertz CT molecular complexity index is 144. The van der Waals surface area contributed by atoms with Crippen LogP contribution in [0.5, 0.6) is 0 Å². The summed E-state index contributed by atoms with van der Waals surface area (Å²) in [6, 6.07) is 0. The van der Waals surface area contributed by atoms with E-state index in [1.54, 1.807) is 0 Å². The van der Waals surface area contributed by atoms with Gasteiger partial charge < -0.3 is 9.64 Å². The standard InChI is InChI=1S/C14H29NO/c1-2-3-4-5-9-13-16-14-12-15-10-7-6-8-11-15/h2-14H2,1H3. The Morgan fingerprint density at radius 2 is 1.62 bits per heavy atom. The number of unbranched alkanes of at least 4 members (excludes halogenated alkanes) is 4. The second kappa shape index (κ2) is 10.1. The number of nitrogens with zero attached hydrogens (tertiary/aromatic N) is 1. The van der Waals surface area contributed by atoms with E-state index in [2.05, 4.69) is 11.8 Å². The largest absolute Gasteiger partial charge is 0.380 e. The van der Waals surface area contributed by atoms with Gasteiger partial charge in [-0.05, 0) is 32.4 Å². The van der Waals surface area contributed by atoms with E-state index in [4.69, 9.17) is 4.74 Å². The summed E-state index contributed by atoms with van der Waals surface area (Å²) in [4.78, 5) is 2.54. The highest BCUT2D eigenvalue weighted by Crippen LogP contribution is 2.08. The second-order valence-electron chi connectivity index (χ2n) is 4.93. The van der Waals surface area contributed by atoms with Crippen LogP contribution in [0.15, 0.2) is 0 Å². The first kappa shape index (κ1) is 14.0. The molecule has 0 aromatic rings. The van der Waals surface area contributed by atoms with Gasteiger partial charge >= 0.3 is 0 Å². The molecule has 0 bridgehead atoms. The maximum atomic E-state index is 5.67. The van der Waals surface area contributed by atoms with E-state index in [0.717, 1.165) is 19.8 Å². The summed E-state index contributed by atoms with van der Waals surface area (Å²) < 4.78 is 5.67. The highest BCUT2D eigenvalue weighted by molar-refractivity contribution is 4.63. The lowest BCUT2D eigenvalue weighted by molar-refractivity contribution is 0.0938. The topological polar surface area (TPSA) is 12.5 Å². The molecule has 0 radical (unpaired) electrons. The van der Waals surface area contributed by atoms with Crippen molar-refractivity contribution in [3.8, 4) is 0 Å². The van der Waals surface area contributed by atoms with Crippen LogP contribution in [-0.2, 0) is 4.74 Å². The second-order valence-corrected chi connectivity index (χ2v) is 4.93. The zero-order valence-corrected chi connectivity index (χ0v) is 11.0. The van der Waals surface area contributed by atoms with Gasteiger partial charge in [-0.25, -0.2) is 0 Å². The molecule has 0 N–H and O–H groups in total. The van der Waals surface area contributed by atoms with Crippen molar-refractivity contribution in [3.63, 3.8) is 0 Å². The van der Waals surface area contributed by atoms with Crippen LogP contribution in [0.25, 0.3) is 0 Å². The molecule has 96 valence electrons. The van der Waals surface area contributed by atoms with Gasteiger partial charge in [0.15, 0.2) is 0 Å². The van der Waals surface area contributed by atoms with Gasteiger partial charge in [-0.3, -0.25) is 0 Å². The molecule has 1 rings (SSSR count). The Morgan fingerprint density at radius 3 is 2.38 bits per heavy atom. The summed E-state index contributed by atoms with van der Waals surface area (Å²) in [5.74, 6) is 0. The van der Waals surface area contributed by atoms with Crippen LogP contribution >= 0.6 is 0 Å². The van der Waals surface area contributed by atoms with Gasteiger partial charge in [0, 0.05) is 13.2 Å². The fourth-order valence-electron chi connectivity index (χ4n) is 2.29. The molecule has 2 nitrogen and oxygen atoms in total. The summed E-state index contributed by atoms with van der Waals surface area (Å²) in [6.45, 7) is 7.90. The molecule has 0 saturated carbocycles. The van der Waals surface area contributed by atoms with Crippen LogP contribution in [0.2, 0.25) is 0 Å². The monoisotopic (exact) mass is 227 g/mol. The Labute approximate surface area is 101 Å². The number of rotatable bonds is 9. The molecule has 1 aliphatic rings. The SMILES string of the molecule is CCCCCCCOCCN1CCCCC1. The van der Waals surface area contributed by atoms with Crippen molar-refractivity contribution in [2.75, 3.05) is 32.8 Å². The molecule has 16 heavy (non-hydrogen) atoms. The lowest BCUT2D eigenvalue weighted by Gasteiger charge is -2.26. The fourth-order valence-corrected chi connectivity index (χ4v) is 2.29. The first-order valence-corrected chi connectivity index (χ1v) is 7.23. The van der Waals surface area contributed by atoms with Gasteiger partial charge in [0.1, 0.15) is 0 Å². The maximum Gasteiger partial charge on any atom is 0.0593 e. The minimum Gasteiger partial charge on any atom is -0.380 e. The normalized spacial score (nSPS) is 17.8. The number of ether oxygens (including phenoxy) is 1. The molecule has 1 saturated heterocycles. The first-order chi connectivity index (χ1) is 7.93. The van der Waals surface area contributed by atoms with E-state index >= 15 is 0 Å². The molecule has 0 aromatic heterocycles. The Hall–Kier alpha value is -0.0800. The average molecular weight is 227 g/mol. The van der Waals surface area contributed by atoms with Crippen molar-refractivity contribution >= 4 is 0 Å². The Balaban J connectivity index is 1.77. The minimum atomic E-state index is 0.938. The van der Waals surface area contributed by atoms with Crippen molar-refractivity contribution in [1.82, 2.24) is 4.90 Å². The molecule has 0 amide bonds.